The minimum Gasteiger partial charge on any atom is -0.378 e. The quantitative estimate of drug-likeness (QED) is 0.367. The van der Waals surface area contributed by atoms with Crippen molar-refractivity contribution in [3.8, 4) is 0 Å². The summed E-state index contributed by atoms with van der Waals surface area (Å²) in [5, 5.41) is 0. The number of benzene rings is 1. The largest absolute Gasteiger partial charge is 0.378 e. The second-order valence-electron chi connectivity index (χ2n) is 3.62. The number of alkyl halides is 1. The van der Waals surface area contributed by atoms with E-state index in [0.29, 0.717) is 26.4 Å². The number of rotatable bonds is 10. The fourth-order valence-electron chi connectivity index (χ4n) is 1.31. The topological polar surface area (TPSA) is 64.6 Å². The number of hydrogen-bond donors (Lipinski definition) is 1. The molecule has 19 heavy (non-hydrogen) atoms. The van der Waals surface area contributed by atoms with E-state index in [-0.39, 0.29) is 11.4 Å². The first-order chi connectivity index (χ1) is 9.17. The molecule has 1 aromatic rings. The van der Waals surface area contributed by atoms with Gasteiger partial charge in [-0.2, -0.15) is 0 Å². The van der Waals surface area contributed by atoms with Gasteiger partial charge in [0, 0.05) is 11.0 Å². The Morgan fingerprint density at radius 3 is 2.26 bits per heavy atom. The van der Waals surface area contributed by atoms with E-state index >= 15 is 0 Å². The maximum absolute atomic E-state index is 11.8. The number of halogens is 1. The van der Waals surface area contributed by atoms with Crippen LogP contribution in [0.15, 0.2) is 35.2 Å². The van der Waals surface area contributed by atoms with E-state index < -0.39 is 10.0 Å². The maximum Gasteiger partial charge on any atom is 0.240 e. The summed E-state index contributed by atoms with van der Waals surface area (Å²) in [6.45, 7) is 2.31. The molecule has 0 saturated heterocycles. The molecule has 0 aliphatic carbocycles. The summed E-state index contributed by atoms with van der Waals surface area (Å²) in [7, 11) is -3.42. The average molecular weight is 399 g/mol. The van der Waals surface area contributed by atoms with Crippen LogP contribution >= 0.6 is 22.6 Å². The molecule has 1 rings (SSSR count). The number of ether oxygens (including phenoxy) is 2. The predicted octanol–water partition coefficient (Wildman–Crippen LogP) is 1.43. The van der Waals surface area contributed by atoms with Gasteiger partial charge in [-0.1, -0.05) is 40.8 Å². The van der Waals surface area contributed by atoms with Crippen LogP contribution in [0, 0.1) is 0 Å². The van der Waals surface area contributed by atoms with Crippen LogP contribution < -0.4 is 4.72 Å². The van der Waals surface area contributed by atoms with E-state index in [9.17, 15) is 8.42 Å². The van der Waals surface area contributed by atoms with Crippen molar-refractivity contribution in [2.24, 2.45) is 0 Å². The molecular weight excluding hydrogens is 381 g/mol. The molecule has 1 aromatic carbocycles. The van der Waals surface area contributed by atoms with Gasteiger partial charge >= 0.3 is 0 Å². The molecule has 0 atom stereocenters. The molecule has 0 heterocycles. The van der Waals surface area contributed by atoms with E-state index in [1.807, 2.05) is 0 Å². The Kier molecular flexibility index (Phi) is 8.55. The number of nitrogens with one attached hydrogen (secondary N) is 1. The lowest BCUT2D eigenvalue weighted by Gasteiger charge is -2.07. The third kappa shape index (κ3) is 7.21. The lowest BCUT2D eigenvalue weighted by Crippen LogP contribution is -2.27. The van der Waals surface area contributed by atoms with Crippen molar-refractivity contribution in [2.75, 3.05) is 37.4 Å². The molecule has 0 aliphatic rings. The lowest BCUT2D eigenvalue weighted by molar-refractivity contribution is 0.0568. The Morgan fingerprint density at radius 1 is 1.00 bits per heavy atom. The molecule has 0 saturated carbocycles. The highest BCUT2D eigenvalue weighted by molar-refractivity contribution is 14.1. The first-order valence-corrected chi connectivity index (χ1v) is 8.94. The van der Waals surface area contributed by atoms with Gasteiger partial charge in [-0.3, -0.25) is 0 Å². The molecule has 0 unspecified atom stereocenters. The molecule has 0 radical (unpaired) electrons. The van der Waals surface area contributed by atoms with Crippen LogP contribution in [-0.2, 0) is 19.5 Å². The molecule has 7 heteroatoms. The Bertz CT molecular complexity index is 438. The smallest absolute Gasteiger partial charge is 0.240 e. The molecule has 0 spiro atoms. The molecule has 0 bridgehead atoms. The fraction of sp³-hybridized carbons (Fsp3) is 0.500. The maximum atomic E-state index is 11.8. The normalized spacial score (nSPS) is 11.6. The van der Waals surface area contributed by atoms with E-state index in [1.165, 1.54) is 0 Å². The van der Waals surface area contributed by atoms with Gasteiger partial charge in [-0.25, -0.2) is 13.1 Å². The van der Waals surface area contributed by atoms with Gasteiger partial charge < -0.3 is 9.47 Å². The molecule has 5 nitrogen and oxygen atoms in total. The Balaban J connectivity index is 2.15. The Hall–Kier alpha value is -0.220. The second kappa shape index (κ2) is 9.65. The average Bonchev–Trinajstić information content (AvgIpc) is 2.43. The summed E-state index contributed by atoms with van der Waals surface area (Å²) in [6.07, 6.45) is 0. The van der Waals surface area contributed by atoms with E-state index in [2.05, 4.69) is 27.3 Å². The fourth-order valence-corrected chi connectivity index (χ4v) is 2.65. The monoisotopic (exact) mass is 399 g/mol. The van der Waals surface area contributed by atoms with Crippen molar-refractivity contribution in [1.29, 1.82) is 0 Å². The van der Waals surface area contributed by atoms with Crippen LogP contribution in [0.3, 0.4) is 0 Å². The standard InChI is InChI=1S/C12H18INO4S/c13-6-8-17-10-11-18-9-7-14-19(15,16)12-4-2-1-3-5-12/h1-5,14H,6-11H2. The van der Waals surface area contributed by atoms with Gasteiger partial charge in [0.05, 0.1) is 31.3 Å². The molecule has 1 N–H and O–H groups in total. The molecule has 108 valence electrons. The summed E-state index contributed by atoms with van der Waals surface area (Å²) in [4.78, 5) is 0.264. The van der Waals surface area contributed by atoms with Gasteiger partial charge in [-0.05, 0) is 12.1 Å². The molecule has 0 aliphatic heterocycles. The highest BCUT2D eigenvalue weighted by atomic mass is 127. The van der Waals surface area contributed by atoms with Crippen LogP contribution in [0.2, 0.25) is 0 Å². The summed E-state index contributed by atoms with van der Waals surface area (Å²) in [6, 6.07) is 8.27. The van der Waals surface area contributed by atoms with Gasteiger partial charge in [0.2, 0.25) is 10.0 Å². The van der Waals surface area contributed by atoms with Crippen LogP contribution in [0.25, 0.3) is 0 Å². The predicted molar refractivity (Wildman–Crippen MR) is 82.2 cm³/mol. The Labute approximate surface area is 127 Å². The van der Waals surface area contributed by atoms with Gasteiger partial charge in [0.1, 0.15) is 0 Å². The summed E-state index contributed by atoms with van der Waals surface area (Å²) < 4.78 is 37.5. The molecular formula is C12H18INO4S. The first-order valence-electron chi connectivity index (χ1n) is 5.93. The highest BCUT2D eigenvalue weighted by Gasteiger charge is 2.11. The minimum absolute atomic E-state index is 0.253. The van der Waals surface area contributed by atoms with E-state index in [0.717, 1.165) is 4.43 Å². The number of sulfonamides is 1. The van der Waals surface area contributed by atoms with Crippen molar-refractivity contribution in [3.63, 3.8) is 0 Å². The van der Waals surface area contributed by atoms with Gasteiger partial charge in [0.15, 0.2) is 0 Å². The van der Waals surface area contributed by atoms with Crippen molar-refractivity contribution in [2.45, 2.75) is 4.90 Å². The Morgan fingerprint density at radius 2 is 1.63 bits per heavy atom. The minimum atomic E-state index is -3.42. The van der Waals surface area contributed by atoms with E-state index in [4.69, 9.17) is 9.47 Å². The van der Waals surface area contributed by atoms with Gasteiger partial charge in [0.25, 0.3) is 0 Å². The van der Waals surface area contributed by atoms with Crippen LogP contribution in [0.1, 0.15) is 0 Å². The van der Waals surface area contributed by atoms with Gasteiger partial charge in [-0.15, -0.1) is 0 Å². The SMILES string of the molecule is O=S(=O)(NCCOCCOCCI)c1ccccc1. The summed E-state index contributed by atoms with van der Waals surface area (Å²) in [5.74, 6) is 0. The van der Waals surface area contributed by atoms with E-state index in [1.54, 1.807) is 30.3 Å². The van der Waals surface area contributed by atoms with Crippen molar-refractivity contribution in [1.82, 2.24) is 4.72 Å². The highest BCUT2D eigenvalue weighted by Crippen LogP contribution is 2.06. The van der Waals surface area contributed by atoms with Crippen LogP contribution in [0.4, 0.5) is 0 Å². The number of hydrogen-bond acceptors (Lipinski definition) is 4. The zero-order valence-electron chi connectivity index (χ0n) is 10.5. The van der Waals surface area contributed by atoms with Crippen molar-refractivity contribution in [3.05, 3.63) is 30.3 Å². The third-order valence-electron chi connectivity index (χ3n) is 2.19. The molecule has 0 amide bonds. The van der Waals surface area contributed by atoms with Crippen molar-refractivity contribution < 1.29 is 17.9 Å². The summed E-state index contributed by atoms with van der Waals surface area (Å²) >= 11 is 2.23. The van der Waals surface area contributed by atoms with Crippen LogP contribution in [0.5, 0.6) is 0 Å². The molecule has 0 aromatic heterocycles. The lowest BCUT2D eigenvalue weighted by atomic mass is 10.4. The zero-order valence-corrected chi connectivity index (χ0v) is 13.5. The second-order valence-corrected chi connectivity index (χ2v) is 6.47. The summed E-state index contributed by atoms with van der Waals surface area (Å²) in [5.41, 5.74) is 0. The first kappa shape index (κ1) is 16.8. The zero-order chi connectivity index (χ0) is 14.0. The van der Waals surface area contributed by atoms with Crippen LogP contribution in [-0.4, -0.2) is 45.8 Å². The molecule has 0 fully saturated rings. The van der Waals surface area contributed by atoms with Crippen molar-refractivity contribution >= 4 is 32.6 Å². The third-order valence-corrected chi connectivity index (χ3v) is 4.10.